The molecule has 0 aliphatic carbocycles. The van der Waals surface area contributed by atoms with Crippen LogP contribution in [0.5, 0.6) is 17.2 Å². The number of hydrogen-bond donors (Lipinski definition) is 1. The normalized spacial score (nSPS) is 10.3. The number of hydrogen-bond acceptors (Lipinski definition) is 4. The molecule has 0 spiro atoms. The maximum Gasteiger partial charge on any atom is 0.220 e. The summed E-state index contributed by atoms with van der Waals surface area (Å²) in [7, 11) is 3.23. The predicted octanol–water partition coefficient (Wildman–Crippen LogP) is 3.53. The summed E-state index contributed by atoms with van der Waals surface area (Å²) < 4.78 is 16.2. The molecule has 2 aromatic carbocycles. The van der Waals surface area contributed by atoms with Gasteiger partial charge < -0.3 is 19.5 Å². The number of rotatable bonds is 10. The van der Waals surface area contributed by atoms with E-state index in [1.54, 1.807) is 14.2 Å². The number of aryl methyl sites for hydroxylation is 2. The fraction of sp³-hybridized carbons (Fsp3) is 0.381. The van der Waals surface area contributed by atoms with Crippen molar-refractivity contribution in [3.05, 3.63) is 53.6 Å². The molecule has 2 aromatic rings. The number of nitrogens with one attached hydrogen (secondary N) is 1. The first-order valence-corrected chi connectivity index (χ1v) is 8.79. The summed E-state index contributed by atoms with van der Waals surface area (Å²) in [5.41, 5.74) is 2.18. The number of methoxy groups -OCH3 is 2. The highest BCUT2D eigenvalue weighted by molar-refractivity contribution is 5.76. The molecule has 140 valence electrons. The average molecular weight is 357 g/mol. The van der Waals surface area contributed by atoms with Crippen LogP contribution in [0.15, 0.2) is 42.5 Å². The van der Waals surface area contributed by atoms with Crippen molar-refractivity contribution >= 4 is 5.91 Å². The SMILES string of the molecule is COc1cc(CCC(=O)NCCCOc2cccc(C)c2)cc(OC)c1. The number of carbonyl (C=O) groups is 1. The van der Waals surface area contributed by atoms with Gasteiger partial charge in [-0.2, -0.15) is 0 Å². The lowest BCUT2D eigenvalue weighted by atomic mass is 10.1. The van der Waals surface area contributed by atoms with E-state index in [2.05, 4.69) is 5.32 Å². The number of carbonyl (C=O) groups excluding carboxylic acids is 1. The van der Waals surface area contributed by atoms with Crippen molar-refractivity contribution < 1.29 is 19.0 Å². The first kappa shape index (κ1) is 19.6. The van der Waals surface area contributed by atoms with Crippen LogP contribution in [-0.4, -0.2) is 33.3 Å². The molecule has 1 amide bonds. The van der Waals surface area contributed by atoms with E-state index in [4.69, 9.17) is 14.2 Å². The van der Waals surface area contributed by atoms with Gasteiger partial charge in [-0.25, -0.2) is 0 Å². The van der Waals surface area contributed by atoms with Gasteiger partial charge in [-0.05, 0) is 55.2 Å². The van der Waals surface area contributed by atoms with Gasteiger partial charge in [-0.3, -0.25) is 4.79 Å². The smallest absolute Gasteiger partial charge is 0.220 e. The van der Waals surface area contributed by atoms with E-state index >= 15 is 0 Å². The Hall–Kier alpha value is -2.69. The van der Waals surface area contributed by atoms with Gasteiger partial charge in [0, 0.05) is 19.0 Å². The molecule has 5 heteroatoms. The molecule has 0 saturated heterocycles. The fourth-order valence-corrected chi connectivity index (χ4v) is 2.55. The van der Waals surface area contributed by atoms with Crippen LogP contribution in [0.1, 0.15) is 24.0 Å². The molecule has 2 rings (SSSR count). The third kappa shape index (κ3) is 6.67. The van der Waals surface area contributed by atoms with E-state index in [0.29, 0.717) is 26.0 Å². The predicted molar refractivity (Wildman–Crippen MR) is 102 cm³/mol. The van der Waals surface area contributed by atoms with Gasteiger partial charge in [0.2, 0.25) is 5.91 Å². The fourth-order valence-electron chi connectivity index (χ4n) is 2.55. The standard InChI is InChI=1S/C21H27NO4/c1-16-6-4-7-18(12-16)26-11-5-10-22-21(23)9-8-17-13-19(24-2)15-20(14-17)25-3/h4,6-7,12-15H,5,8-11H2,1-3H3,(H,22,23). The summed E-state index contributed by atoms with van der Waals surface area (Å²) in [6.07, 6.45) is 1.83. The molecule has 0 bridgehead atoms. The Balaban J connectivity index is 1.66. The first-order chi connectivity index (χ1) is 12.6. The Kier molecular flexibility index (Phi) is 7.80. The van der Waals surface area contributed by atoms with Gasteiger partial charge in [-0.15, -0.1) is 0 Å². The minimum Gasteiger partial charge on any atom is -0.497 e. The Morgan fingerprint density at radius 1 is 1.00 bits per heavy atom. The van der Waals surface area contributed by atoms with Gasteiger partial charge >= 0.3 is 0 Å². The molecule has 5 nitrogen and oxygen atoms in total. The van der Waals surface area contributed by atoms with Crippen LogP contribution < -0.4 is 19.5 Å². The van der Waals surface area contributed by atoms with E-state index in [1.807, 2.05) is 49.4 Å². The largest absolute Gasteiger partial charge is 0.497 e. The Labute approximate surface area is 155 Å². The molecular formula is C21H27NO4. The van der Waals surface area contributed by atoms with Gasteiger partial charge in [0.15, 0.2) is 0 Å². The van der Waals surface area contributed by atoms with Crippen molar-refractivity contribution in [2.75, 3.05) is 27.4 Å². The number of amides is 1. The van der Waals surface area contributed by atoms with Crippen LogP contribution in [-0.2, 0) is 11.2 Å². The Morgan fingerprint density at radius 2 is 1.73 bits per heavy atom. The lowest BCUT2D eigenvalue weighted by Crippen LogP contribution is -2.25. The lowest BCUT2D eigenvalue weighted by Gasteiger charge is -2.09. The summed E-state index contributed by atoms with van der Waals surface area (Å²) in [6, 6.07) is 13.6. The molecule has 0 aromatic heterocycles. The van der Waals surface area contributed by atoms with E-state index < -0.39 is 0 Å². The van der Waals surface area contributed by atoms with Crippen LogP contribution in [0, 0.1) is 6.92 Å². The Bertz CT molecular complexity index is 693. The zero-order chi connectivity index (χ0) is 18.8. The molecule has 0 aliphatic heterocycles. The molecule has 0 fully saturated rings. The van der Waals surface area contributed by atoms with E-state index in [-0.39, 0.29) is 5.91 Å². The second-order valence-electron chi connectivity index (χ2n) is 6.09. The maximum atomic E-state index is 12.0. The molecule has 1 N–H and O–H groups in total. The summed E-state index contributed by atoms with van der Waals surface area (Å²) in [5.74, 6) is 2.35. The number of ether oxygens (including phenoxy) is 3. The molecule has 0 saturated carbocycles. The minimum absolute atomic E-state index is 0.0299. The Morgan fingerprint density at radius 3 is 2.38 bits per heavy atom. The van der Waals surface area contributed by atoms with E-state index in [9.17, 15) is 4.79 Å². The van der Waals surface area contributed by atoms with Crippen molar-refractivity contribution in [2.45, 2.75) is 26.2 Å². The third-order valence-corrected chi connectivity index (χ3v) is 3.95. The van der Waals surface area contributed by atoms with E-state index in [0.717, 1.165) is 29.2 Å². The van der Waals surface area contributed by atoms with Crippen LogP contribution >= 0.6 is 0 Å². The minimum atomic E-state index is 0.0299. The van der Waals surface area contributed by atoms with E-state index in [1.165, 1.54) is 5.56 Å². The van der Waals surface area contributed by atoms with Gasteiger partial charge in [-0.1, -0.05) is 12.1 Å². The second kappa shape index (κ2) is 10.3. The highest BCUT2D eigenvalue weighted by Crippen LogP contribution is 2.23. The molecular weight excluding hydrogens is 330 g/mol. The quantitative estimate of drug-likeness (QED) is 0.661. The van der Waals surface area contributed by atoms with Crippen LogP contribution in [0.25, 0.3) is 0 Å². The summed E-state index contributed by atoms with van der Waals surface area (Å²) >= 11 is 0. The van der Waals surface area contributed by atoms with Gasteiger partial charge in [0.05, 0.1) is 20.8 Å². The first-order valence-electron chi connectivity index (χ1n) is 8.79. The zero-order valence-corrected chi connectivity index (χ0v) is 15.7. The average Bonchev–Trinajstić information content (AvgIpc) is 2.65. The monoisotopic (exact) mass is 357 g/mol. The molecule has 0 heterocycles. The van der Waals surface area contributed by atoms with Crippen LogP contribution in [0.3, 0.4) is 0 Å². The summed E-state index contributed by atoms with van der Waals surface area (Å²) in [6.45, 7) is 3.22. The highest BCUT2D eigenvalue weighted by Gasteiger charge is 2.06. The lowest BCUT2D eigenvalue weighted by molar-refractivity contribution is -0.121. The van der Waals surface area contributed by atoms with Crippen LogP contribution in [0.2, 0.25) is 0 Å². The molecule has 0 atom stereocenters. The van der Waals surface area contributed by atoms with Crippen molar-refractivity contribution in [3.8, 4) is 17.2 Å². The molecule has 26 heavy (non-hydrogen) atoms. The maximum absolute atomic E-state index is 12.0. The highest BCUT2D eigenvalue weighted by atomic mass is 16.5. The molecule has 0 aliphatic rings. The van der Waals surface area contributed by atoms with Gasteiger partial charge in [0.1, 0.15) is 17.2 Å². The number of benzene rings is 2. The van der Waals surface area contributed by atoms with Crippen molar-refractivity contribution in [1.82, 2.24) is 5.32 Å². The van der Waals surface area contributed by atoms with Crippen molar-refractivity contribution in [3.63, 3.8) is 0 Å². The topological polar surface area (TPSA) is 56.8 Å². The van der Waals surface area contributed by atoms with Crippen molar-refractivity contribution in [2.24, 2.45) is 0 Å². The molecule has 0 radical (unpaired) electrons. The van der Waals surface area contributed by atoms with Crippen molar-refractivity contribution in [1.29, 1.82) is 0 Å². The summed E-state index contributed by atoms with van der Waals surface area (Å²) in [5, 5.41) is 2.93. The van der Waals surface area contributed by atoms with Crippen LogP contribution in [0.4, 0.5) is 0 Å². The second-order valence-corrected chi connectivity index (χ2v) is 6.09. The summed E-state index contributed by atoms with van der Waals surface area (Å²) in [4.78, 5) is 12.0. The van der Waals surface area contributed by atoms with Gasteiger partial charge in [0.25, 0.3) is 0 Å². The molecule has 0 unspecified atom stereocenters. The third-order valence-electron chi connectivity index (χ3n) is 3.95. The zero-order valence-electron chi connectivity index (χ0n) is 15.7.